The van der Waals surface area contributed by atoms with Crippen LogP contribution in [0.2, 0.25) is 0 Å². The van der Waals surface area contributed by atoms with Crippen molar-refractivity contribution in [3.8, 4) is 11.8 Å². The second-order valence-corrected chi connectivity index (χ2v) is 10.7. The molecule has 186 valence electrons. The minimum absolute atomic E-state index is 0.289. The Hall–Kier alpha value is -1.57. The standard InChI is InChI=1S/C12H18FN4O13P3/c1-2-3-12(13)7(5-18)8(28-10(12)17-11(19)16-9(14)4-15-17)6-27-32(23,24)30-33(25,26)29-31(20,21)22/h4,7-8,10,18H,5-6H2,1H3,(H,23,24)(H,25,26)(H2,14,16,19)(H2,20,21,22)/t7?,8-,10-,12?/m1/s1. The third-order valence-electron chi connectivity index (χ3n) is 3.94. The van der Waals surface area contributed by atoms with Gasteiger partial charge in [0.15, 0.2) is 0 Å². The topological polar surface area (TPSA) is 263 Å². The zero-order chi connectivity index (χ0) is 25.2. The maximum absolute atomic E-state index is 15.8. The number of hydrogen-bond donors (Lipinski definition) is 6. The average molecular weight is 538 g/mol. The van der Waals surface area contributed by atoms with Crippen molar-refractivity contribution in [2.24, 2.45) is 5.92 Å². The summed E-state index contributed by atoms with van der Waals surface area (Å²) < 4.78 is 67.1. The van der Waals surface area contributed by atoms with E-state index in [-0.39, 0.29) is 5.82 Å². The van der Waals surface area contributed by atoms with Crippen LogP contribution < -0.4 is 11.4 Å². The number of nitrogens with zero attached hydrogens (tertiary/aromatic N) is 3. The molecule has 0 saturated carbocycles. The van der Waals surface area contributed by atoms with Crippen LogP contribution in [0.4, 0.5) is 10.2 Å². The highest BCUT2D eigenvalue weighted by Gasteiger charge is 2.59. The van der Waals surface area contributed by atoms with Crippen LogP contribution >= 0.6 is 23.5 Å². The third kappa shape index (κ3) is 6.96. The Labute approximate surface area is 183 Å². The quantitative estimate of drug-likeness (QED) is 0.159. The van der Waals surface area contributed by atoms with Crippen LogP contribution in [-0.4, -0.2) is 64.4 Å². The first-order valence-corrected chi connectivity index (χ1v) is 12.9. The number of aliphatic hydroxyl groups excluding tert-OH is 1. The Balaban J connectivity index is 2.28. The summed E-state index contributed by atoms with van der Waals surface area (Å²) in [5, 5.41) is 13.3. The van der Waals surface area contributed by atoms with Crippen LogP contribution in [0.5, 0.6) is 0 Å². The summed E-state index contributed by atoms with van der Waals surface area (Å²) in [6, 6.07) is 0. The lowest BCUT2D eigenvalue weighted by atomic mass is 9.87. The molecule has 17 nitrogen and oxygen atoms in total. The number of hydrogen-bond acceptors (Lipinski definition) is 12. The van der Waals surface area contributed by atoms with E-state index in [4.69, 9.17) is 25.2 Å². The molecule has 1 aromatic heterocycles. The highest BCUT2D eigenvalue weighted by Crippen LogP contribution is 2.66. The Bertz CT molecular complexity index is 1150. The van der Waals surface area contributed by atoms with Crippen molar-refractivity contribution >= 4 is 29.3 Å². The lowest BCUT2D eigenvalue weighted by Gasteiger charge is -2.25. The molecule has 0 bridgehead atoms. The van der Waals surface area contributed by atoms with Gasteiger partial charge in [-0.15, -0.1) is 5.92 Å². The summed E-state index contributed by atoms with van der Waals surface area (Å²) in [5.41, 5.74) is 1.38. The molecule has 1 saturated heterocycles. The summed E-state index contributed by atoms with van der Waals surface area (Å²) in [5.74, 6) is 2.48. The maximum Gasteiger partial charge on any atom is 0.490 e. The van der Waals surface area contributed by atoms with Crippen LogP contribution in [0.1, 0.15) is 13.2 Å². The van der Waals surface area contributed by atoms with Crippen molar-refractivity contribution in [2.75, 3.05) is 18.9 Å². The van der Waals surface area contributed by atoms with E-state index in [9.17, 15) is 28.5 Å². The van der Waals surface area contributed by atoms with Gasteiger partial charge in [0, 0.05) is 0 Å². The molecule has 1 fully saturated rings. The maximum atomic E-state index is 15.8. The first-order chi connectivity index (χ1) is 15.0. The number of halogens is 1. The van der Waals surface area contributed by atoms with Gasteiger partial charge in [-0.25, -0.2) is 22.9 Å². The summed E-state index contributed by atoms with van der Waals surface area (Å²) in [6.07, 6.45) is -2.66. The number of ether oxygens (including phenoxy) is 1. The fourth-order valence-corrected chi connectivity index (χ4v) is 5.82. The molecule has 0 aliphatic carbocycles. The number of alkyl halides is 1. The van der Waals surface area contributed by atoms with Gasteiger partial charge in [0.05, 0.1) is 31.4 Å². The Morgan fingerprint density at radius 3 is 2.42 bits per heavy atom. The van der Waals surface area contributed by atoms with Crippen molar-refractivity contribution in [1.82, 2.24) is 14.8 Å². The van der Waals surface area contributed by atoms with Gasteiger partial charge >= 0.3 is 29.2 Å². The summed E-state index contributed by atoms with van der Waals surface area (Å²) in [7, 11) is -17.0. The van der Waals surface area contributed by atoms with Crippen molar-refractivity contribution in [2.45, 2.75) is 24.9 Å². The fraction of sp³-hybridized carbons (Fsp3) is 0.583. The lowest BCUT2D eigenvalue weighted by molar-refractivity contribution is -0.0593. The van der Waals surface area contributed by atoms with Gasteiger partial charge in [0.1, 0.15) is 5.82 Å². The van der Waals surface area contributed by atoms with E-state index in [0.29, 0.717) is 4.68 Å². The van der Waals surface area contributed by atoms with Crippen LogP contribution in [0.15, 0.2) is 11.0 Å². The van der Waals surface area contributed by atoms with E-state index in [1.807, 2.05) is 0 Å². The van der Waals surface area contributed by atoms with Gasteiger partial charge in [0.2, 0.25) is 11.9 Å². The predicted molar refractivity (Wildman–Crippen MR) is 102 cm³/mol. The third-order valence-corrected chi connectivity index (χ3v) is 7.74. The van der Waals surface area contributed by atoms with Gasteiger partial charge in [0.25, 0.3) is 0 Å². The molecule has 33 heavy (non-hydrogen) atoms. The average Bonchev–Trinajstić information content (AvgIpc) is 2.88. The lowest BCUT2D eigenvalue weighted by Crippen LogP contribution is -2.43. The van der Waals surface area contributed by atoms with Gasteiger partial charge in [-0.2, -0.15) is 23.4 Å². The number of anilines is 1. The molecule has 0 aromatic carbocycles. The normalized spacial score (nSPS) is 29.0. The van der Waals surface area contributed by atoms with Gasteiger partial charge < -0.3 is 35.2 Å². The highest BCUT2D eigenvalue weighted by molar-refractivity contribution is 7.66. The number of nitrogens with two attached hydrogens (primary N) is 1. The van der Waals surface area contributed by atoms with Crippen molar-refractivity contribution < 1.29 is 60.6 Å². The van der Waals surface area contributed by atoms with Crippen LogP contribution in [0, 0.1) is 17.8 Å². The van der Waals surface area contributed by atoms with Crippen molar-refractivity contribution in [3.05, 3.63) is 16.7 Å². The summed E-state index contributed by atoms with van der Waals surface area (Å²) in [4.78, 5) is 51.2. The van der Waals surface area contributed by atoms with Crippen molar-refractivity contribution in [3.63, 3.8) is 0 Å². The molecule has 21 heteroatoms. The van der Waals surface area contributed by atoms with Gasteiger partial charge in [-0.1, -0.05) is 5.92 Å². The number of nitrogen functional groups attached to an aromatic ring is 1. The Kier molecular flexibility index (Phi) is 8.36. The van der Waals surface area contributed by atoms with E-state index < -0.39 is 66.3 Å². The minimum atomic E-state index is -5.79. The smallest absolute Gasteiger partial charge is 0.396 e. The molecule has 1 aliphatic heterocycles. The Morgan fingerprint density at radius 2 is 1.91 bits per heavy atom. The molecule has 7 N–H and O–H groups in total. The van der Waals surface area contributed by atoms with Gasteiger partial charge in [-0.05, 0) is 6.92 Å². The molecule has 0 spiro atoms. The summed E-state index contributed by atoms with van der Waals surface area (Å²) in [6.45, 7) is -0.841. The number of aliphatic hydroxyl groups is 1. The molecule has 0 radical (unpaired) electrons. The zero-order valence-electron chi connectivity index (χ0n) is 16.4. The second-order valence-electron chi connectivity index (χ2n) is 6.25. The van der Waals surface area contributed by atoms with Crippen LogP contribution in [0.3, 0.4) is 0 Å². The zero-order valence-corrected chi connectivity index (χ0v) is 19.0. The largest absolute Gasteiger partial charge is 0.490 e. The minimum Gasteiger partial charge on any atom is -0.396 e. The Morgan fingerprint density at radius 1 is 1.27 bits per heavy atom. The number of phosphoric acid groups is 3. The molecule has 4 unspecified atom stereocenters. The highest BCUT2D eigenvalue weighted by atomic mass is 31.3. The number of phosphoric ester groups is 1. The second kappa shape index (κ2) is 9.96. The first kappa shape index (κ1) is 27.7. The molecular formula is C12H18FN4O13P3. The molecule has 2 rings (SSSR count). The van der Waals surface area contributed by atoms with E-state index in [0.717, 1.165) is 6.20 Å². The summed E-state index contributed by atoms with van der Waals surface area (Å²) >= 11 is 0. The molecule has 1 aliphatic rings. The SMILES string of the molecule is CC#CC1(F)C(CO)[C@@H](COP(=O)(O)OP(=O)(O)OP(=O)(O)O)O[C@H]1n1ncc(N)nc1=O. The number of rotatable bonds is 9. The molecular weight excluding hydrogens is 520 g/mol. The van der Waals surface area contributed by atoms with Crippen LogP contribution in [-0.2, 0) is 31.6 Å². The number of aromatic nitrogens is 3. The van der Waals surface area contributed by atoms with E-state index in [1.165, 1.54) is 6.92 Å². The van der Waals surface area contributed by atoms with Gasteiger partial charge in [-0.3, -0.25) is 4.52 Å². The molecule has 2 heterocycles. The van der Waals surface area contributed by atoms with Crippen molar-refractivity contribution in [1.29, 1.82) is 0 Å². The predicted octanol–water partition coefficient (Wildman–Crippen LogP) is -1.20. The van der Waals surface area contributed by atoms with E-state index in [2.05, 4.69) is 35.1 Å². The van der Waals surface area contributed by atoms with E-state index >= 15 is 4.39 Å². The monoisotopic (exact) mass is 538 g/mol. The van der Waals surface area contributed by atoms with Crippen LogP contribution in [0.25, 0.3) is 0 Å². The molecule has 0 amide bonds. The fourth-order valence-electron chi connectivity index (χ4n) is 2.79. The molecule has 6 atom stereocenters. The molecule has 1 aromatic rings. The first-order valence-electron chi connectivity index (χ1n) is 8.42. The van der Waals surface area contributed by atoms with E-state index in [1.54, 1.807) is 0 Å².